The molecular weight excluding hydrogens is 266 g/mol. The molecule has 0 saturated carbocycles. The Bertz CT molecular complexity index is 658. The van der Waals surface area contributed by atoms with Gasteiger partial charge in [0.05, 0.1) is 23.5 Å². The molecule has 6 heteroatoms. The molecule has 2 aromatic rings. The van der Waals surface area contributed by atoms with E-state index in [-0.39, 0.29) is 6.04 Å². The van der Waals surface area contributed by atoms with E-state index in [4.69, 9.17) is 11.5 Å². The van der Waals surface area contributed by atoms with E-state index >= 15 is 0 Å². The number of hydrogen-bond acceptors (Lipinski definition) is 5. The highest BCUT2D eigenvalue weighted by molar-refractivity contribution is 5.98. The molecular formula is C15H17N5O. The van der Waals surface area contributed by atoms with Crippen molar-refractivity contribution in [3.8, 4) is 0 Å². The average molecular weight is 283 g/mol. The van der Waals surface area contributed by atoms with Gasteiger partial charge in [-0.1, -0.05) is 6.07 Å². The highest BCUT2D eigenvalue weighted by Crippen LogP contribution is 2.36. The van der Waals surface area contributed by atoms with Crippen molar-refractivity contribution >= 4 is 17.4 Å². The monoisotopic (exact) mass is 283 g/mol. The number of hydrogen-bond donors (Lipinski definition) is 2. The predicted octanol–water partition coefficient (Wildman–Crippen LogP) is 1.50. The Labute approximate surface area is 122 Å². The van der Waals surface area contributed by atoms with Crippen LogP contribution in [0.5, 0.6) is 0 Å². The zero-order valence-corrected chi connectivity index (χ0v) is 11.6. The number of pyridine rings is 2. The van der Waals surface area contributed by atoms with Crippen LogP contribution in [-0.2, 0) is 0 Å². The predicted molar refractivity (Wildman–Crippen MR) is 80.7 cm³/mol. The summed E-state index contributed by atoms with van der Waals surface area (Å²) in [7, 11) is 0. The summed E-state index contributed by atoms with van der Waals surface area (Å²) in [6.07, 6.45) is 7.18. The van der Waals surface area contributed by atoms with E-state index in [0.717, 1.165) is 24.9 Å². The molecule has 21 heavy (non-hydrogen) atoms. The van der Waals surface area contributed by atoms with Crippen LogP contribution in [0, 0.1) is 0 Å². The number of amides is 1. The van der Waals surface area contributed by atoms with Crippen molar-refractivity contribution in [2.24, 2.45) is 5.73 Å². The average Bonchev–Trinajstić information content (AvgIpc) is 2.97. The summed E-state index contributed by atoms with van der Waals surface area (Å²) >= 11 is 0. The Morgan fingerprint density at radius 2 is 2.24 bits per heavy atom. The maximum Gasteiger partial charge on any atom is 0.252 e. The number of nitrogens with two attached hydrogens (primary N) is 2. The fraction of sp³-hybridized carbons (Fsp3) is 0.267. The molecule has 0 bridgehead atoms. The van der Waals surface area contributed by atoms with Crippen LogP contribution in [0.2, 0.25) is 0 Å². The van der Waals surface area contributed by atoms with Crippen LogP contribution >= 0.6 is 0 Å². The molecule has 1 aliphatic heterocycles. The quantitative estimate of drug-likeness (QED) is 0.889. The van der Waals surface area contributed by atoms with Crippen LogP contribution in [0.25, 0.3) is 0 Å². The molecule has 2 aromatic heterocycles. The third kappa shape index (κ3) is 2.52. The first-order valence-corrected chi connectivity index (χ1v) is 6.88. The van der Waals surface area contributed by atoms with Crippen LogP contribution in [0.1, 0.15) is 34.8 Å². The number of nitrogens with zero attached hydrogens (tertiary/aromatic N) is 3. The van der Waals surface area contributed by atoms with Crippen molar-refractivity contribution < 1.29 is 4.79 Å². The summed E-state index contributed by atoms with van der Waals surface area (Å²) in [5.74, 6) is 0.0877. The number of primary amides is 1. The minimum absolute atomic E-state index is 0.160. The number of carbonyl (C=O) groups is 1. The van der Waals surface area contributed by atoms with E-state index in [1.807, 2.05) is 18.3 Å². The van der Waals surface area contributed by atoms with Crippen LogP contribution < -0.4 is 16.4 Å². The van der Waals surface area contributed by atoms with Gasteiger partial charge in [0.15, 0.2) is 0 Å². The first-order valence-electron chi connectivity index (χ1n) is 6.88. The van der Waals surface area contributed by atoms with Crippen molar-refractivity contribution in [2.45, 2.75) is 18.9 Å². The van der Waals surface area contributed by atoms with Crippen LogP contribution in [0.4, 0.5) is 11.5 Å². The van der Waals surface area contributed by atoms with Crippen molar-refractivity contribution in [3.05, 3.63) is 47.9 Å². The first kappa shape index (κ1) is 13.4. The molecule has 4 N–H and O–H groups in total. The van der Waals surface area contributed by atoms with Crippen LogP contribution in [-0.4, -0.2) is 22.4 Å². The van der Waals surface area contributed by atoms with Crippen molar-refractivity contribution in [1.29, 1.82) is 0 Å². The van der Waals surface area contributed by atoms with Crippen LogP contribution in [0.3, 0.4) is 0 Å². The molecule has 1 atom stereocenters. The SMILES string of the molecule is NC(=O)c1cc(N)cnc1N1CCCC1c1cccnc1. The van der Waals surface area contributed by atoms with E-state index in [2.05, 4.69) is 14.9 Å². The summed E-state index contributed by atoms with van der Waals surface area (Å²) in [6.45, 7) is 0.830. The summed E-state index contributed by atoms with van der Waals surface area (Å²) in [4.78, 5) is 22.3. The number of rotatable bonds is 3. The lowest BCUT2D eigenvalue weighted by molar-refractivity contribution is 0.100. The van der Waals surface area contributed by atoms with Crippen LogP contribution in [0.15, 0.2) is 36.8 Å². The van der Waals surface area contributed by atoms with Gasteiger partial charge in [-0.25, -0.2) is 4.98 Å². The lowest BCUT2D eigenvalue weighted by atomic mass is 10.1. The molecule has 108 valence electrons. The van der Waals surface area contributed by atoms with Crippen molar-refractivity contribution in [2.75, 3.05) is 17.2 Å². The summed E-state index contributed by atoms with van der Waals surface area (Å²) in [5.41, 5.74) is 13.1. The fourth-order valence-electron chi connectivity index (χ4n) is 2.82. The smallest absolute Gasteiger partial charge is 0.252 e. The standard InChI is InChI=1S/C15H17N5O/c16-11-7-12(14(17)21)15(19-9-11)20-6-2-4-13(20)10-3-1-5-18-8-10/h1,3,5,7-9,13H,2,4,6,16H2,(H2,17,21). The van der Waals surface area contributed by atoms with E-state index in [1.165, 1.54) is 0 Å². The molecule has 1 aliphatic rings. The molecule has 3 rings (SSSR count). The lowest BCUT2D eigenvalue weighted by Gasteiger charge is -2.27. The van der Waals surface area contributed by atoms with Gasteiger partial charge in [-0.3, -0.25) is 9.78 Å². The molecule has 0 aliphatic carbocycles. The van der Waals surface area contributed by atoms with E-state index in [9.17, 15) is 4.79 Å². The summed E-state index contributed by atoms with van der Waals surface area (Å²) < 4.78 is 0. The van der Waals surface area contributed by atoms with Gasteiger partial charge in [0, 0.05) is 18.9 Å². The van der Waals surface area contributed by atoms with E-state index in [1.54, 1.807) is 18.5 Å². The van der Waals surface area contributed by atoms with Gasteiger partial charge in [0.25, 0.3) is 5.91 Å². The van der Waals surface area contributed by atoms with Gasteiger partial charge in [-0.15, -0.1) is 0 Å². The Balaban J connectivity index is 2.01. The second-order valence-corrected chi connectivity index (χ2v) is 5.14. The van der Waals surface area contributed by atoms with Gasteiger partial charge >= 0.3 is 0 Å². The largest absolute Gasteiger partial charge is 0.397 e. The maximum absolute atomic E-state index is 11.7. The van der Waals surface area contributed by atoms with Gasteiger partial charge in [-0.05, 0) is 30.5 Å². The van der Waals surface area contributed by atoms with Gasteiger partial charge in [-0.2, -0.15) is 0 Å². The maximum atomic E-state index is 11.7. The number of nitrogen functional groups attached to an aromatic ring is 1. The molecule has 1 unspecified atom stereocenters. The molecule has 6 nitrogen and oxygen atoms in total. The zero-order chi connectivity index (χ0) is 14.8. The van der Waals surface area contributed by atoms with Crippen molar-refractivity contribution in [1.82, 2.24) is 9.97 Å². The lowest BCUT2D eigenvalue weighted by Crippen LogP contribution is -2.27. The third-order valence-electron chi connectivity index (χ3n) is 3.75. The molecule has 0 radical (unpaired) electrons. The fourth-order valence-corrected chi connectivity index (χ4v) is 2.82. The normalized spacial score (nSPS) is 17.9. The highest BCUT2D eigenvalue weighted by atomic mass is 16.1. The Kier molecular flexibility index (Phi) is 3.43. The highest BCUT2D eigenvalue weighted by Gasteiger charge is 2.29. The second-order valence-electron chi connectivity index (χ2n) is 5.14. The molecule has 0 spiro atoms. The Morgan fingerprint density at radius 3 is 2.95 bits per heavy atom. The van der Waals surface area contributed by atoms with Crippen molar-refractivity contribution in [3.63, 3.8) is 0 Å². The van der Waals surface area contributed by atoms with Gasteiger partial charge in [0.1, 0.15) is 5.82 Å². The third-order valence-corrected chi connectivity index (χ3v) is 3.75. The minimum Gasteiger partial charge on any atom is -0.397 e. The zero-order valence-electron chi connectivity index (χ0n) is 11.6. The van der Waals surface area contributed by atoms with Gasteiger partial charge in [0.2, 0.25) is 0 Å². The van der Waals surface area contributed by atoms with Gasteiger partial charge < -0.3 is 16.4 Å². The molecule has 1 saturated heterocycles. The molecule has 1 amide bonds. The summed E-state index contributed by atoms with van der Waals surface area (Å²) in [6, 6.07) is 5.70. The first-order chi connectivity index (χ1) is 10.2. The molecule has 1 fully saturated rings. The molecule has 3 heterocycles. The van der Waals surface area contributed by atoms with E-state index < -0.39 is 5.91 Å². The topological polar surface area (TPSA) is 98.1 Å². The number of aromatic nitrogens is 2. The Hall–Kier alpha value is -2.63. The number of anilines is 2. The Morgan fingerprint density at radius 1 is 1.38 bits per heavy atom. The van der Waals surface area contributed by atoms with E-state index in [0.29, 0.717) is 17.1 Å². The molecule has 0 aromatic carbocycles. The summed E-state index contributed by atoms with van der Waals surface area (Å²) in [5, 5.41) is 0. The minimum atomic E-state index is -0.512. The number of carbonyl (C=O) groups excluding carboxylic acids is 1. The second kappa shape index (κ2) is 5.40.